The Bertz CT molecular complexity index is 497. The van der Waals surface area contributed by atoms with Gasteiger partial charge in [-0.2, -0.15) is 5.10 Å². The van der Waals surface area contributed by atoms with Crippen LogP contribution in [0.4, 0.5) is 10.3 Å². The molecule has 1 atom stereocenters. The van der Waals surface area contributed by atoms with Crippen LogP contribution in [0.5, 0.6) is 0 Å². The van der Waals surface area contributed by atoms with Gasteiger partial charge in [0.1, 0.15) is 12.2 Å². The van der Waals surface area contributed by atoms with Crippen LogP contribution in [0.25, 0.3) is 0 Å². The number of rotatable bonds is 2. The van der Waals surface area contributed by atoms with E-state index < -0.39 is 5.82 Å². The molecule has 1 aliphatic rings. The van der Waals surface area contributed by atoms with Crippen molar-refractivity contribution in [2.24, 2.45) is 0 Å². The van der Waals surface area contributed by atoms with E-state index in [1.807, 2.05) is 0 Å². The van der Waals surface area contributed by atoms with Crippen molar-refractivity contribution in [1.82, 2.24) is 25.1 Å². The van der Waals surface area contributed by atoms with Crippen molar-refractivity contribution in [2.45, 2.75) is 18.8 Å². The molecule has 1 aliphatic heterocycles. The van der Waals surface area contributed by atoms with Gasteiger partial charge in [0.2, 0.25) is 5.95 Å². The summed E-state index contributed by atoms with van der Waals surface area (Å²) in [5.41, 5.74) is 0. The van der Waals surface area contributed by atoms with Gasteiger partial charge in [-0.15, -0.1) is 0 Å². The summed E-state index contributed by atoms with van der Waals surface area (Å²) in [5.74, 6) is 1.35. The minimum Gasteiger partial charge on any atom is -0.340 e. The van der Waals surface area contributed by atoms with Crippen LogP contribution >= 0.6 is 0 Å². The molecule has 0 spiro atoms. The van der Waals surface area contributed by atoms with Crippen molar-refractivity contribution >= 4 is 5.95 Å². The summed E-state index contributed by atoms with van der Waals surface area (Å²) in [7, 11) is 0. The Kier molecular flexibility index (Phi) is 2.87. The molecule has 0 bridgehead atoms. The number of nitrogens with zero attached hydrogens (tertiary/aromatic N) is 5. The lowest BCUT2D eigenvalue weighted by molar-refractivity contribution is 0.485. The second-order valence-electron chi connectivity index (χ2n) is 4.36. The molecule has 2 aromatic heterocycles. The summed E-state index contributed by atoms with van der Waals surface area (Å²) < 4.78 is 12.8. The Hall–Kier alpha value is -2.05. The summed E-state index contributed by atoms with van der Waals surface area (Å²) in [6.07, 6.45) is 6.00. The molecule has 0 aliphatic carbocycles. The number of piperidine rings is 1. The fourth-order valence-electron chi connectivity index (χ4n) is 2.26. The van der Waals surface area contributed by atoms with E-state index >= 15 is 0 Å². The zero-order valence-electron chi connectivity index (χ0n) is 9.75. The maximum absolute atomic E-state index is 12.8. The van der Waals surface area contributed by atoms with Crippen molar-refractivity contribution < 1.29 is 4.39 Å². The van der Waals surface area contributed by atoms with Gasteiger partial charge >= 0.3 is 0 Å². The Morgan fingerprint density at radius 2 is 2.11 bits per heavy atom. The number of anilines is 1. The first-order chi connectivity index (χ1) is 8.83. The highest BCUT2D eigenvalue weighted by Crippen LogP contribution is 2.25. The number of hydrogen-bond donors (Lipinski definition) is 1. The van der Waals surface area contributed by atoms with Crippen LogP contribution in [0, 0.1) is 5.82 Å². The second-order valence-corrected chi connectivity index (χ2v) is 4.36. The summed E-state index contributed by atoms with van der Waals surface area (Å²) in [5, 5.41) is 6.77. The summed E-state index contributed by atoms with van der Waals surface area (Å²) >= 11 is 0. The standard InChI is InChI=1S/C11H13FN6/c12-9-4-13-11(14-5-9)18-3-1-2-8(6-18)10-15-7-16-17-10/h4-5,7-8H,1-3,6H2,(H,15,16,17). The number of H-pyrrole nitrogens is 1. The van der Waals surface area contributed by atoms with E-state index in [0.29, 0.717) is 11.9 Å². The van der Waals surface area contributed by atoms with Gasteiger partial charge < -0.3 is 4.90 Å². The Morgan fingerprint density at radius 3 is 2.83 bits per heavy atom. The molecule has 6 nitrogen and oxygen atoms in total. The highest BCUT2D eigenvalue weighted by molar-refractivity contribution is 5.30. The van der Waals surface area contributed by atoms with Gasteiger partial charge in [-0.1, -0.05) is 0 Å². The first-order valence-corrected chi connectivity index (χ1v) is 5.90. The molecule has 0 amide bonds. The van der Waals surface area contributed by atoms with Gasteiger partial charge in [-0.05, 0) is 12.8 Å². The third kappa shape index (κ3) is 2.15. The van der Waals surface area contributed by atoms with Gasteiger partial charge in [0, 0.05) is 19.0 Å². The van der Waals surface area contributed by atoms with Crippen molar-refractivity contribution in [2.75, 3.05) is 18.0 Å². The molecule has 3 heterocycles. The van der Waals surface area contributed by atoms with E-state index in [1.54, 1.807) is 0 Å². The van der Waals surface area contributed by atoms with Gasteiger partial charge in [-0.25, -0.2) is 19.3 Å². The molecule has 18 heavy (non-hydrogen) atoms. The Labute approximate surface area is 103 Å². The SMILES string of the molecule is Fc1cnc(N2CCCC(c3ncn[nH]3)C2)nc1. The van der Waals surface area contributed by atoms with E-state index in [1.165, 1.54) is 18.7 Å². The monoisotopic (exact) mass is 248 g/mol. The quantitative estimate of drug-likeness (QED) is 0.862. The average Bonchev–Trinajstić information content (AvgIpc) is 2.94. The number of aromatic nitrogens is 5. The predicted octanol–water partition coefficient (Wildman–Crippen LogP) is 1.12. The zero-order chi connectivity index (χ0) is 12.4. The molecule has 0 radical (unpaired) electrons. The van der Waals surface area contributed by atoms with Gasteiger partial charge in [0.25, 0.3) is 0 Å². The lowest BCUT2D eigenvalue weighted by atomic mass is 9.98. The van der Waals surface area contributed by atoms with Crippen LogP contribution in [0.3, 0.4) is 0 Å². The Balaban J connectivity index is 1.76. The number of aromatic amines is 1. The molecule has 0 saturated carbocycles. The molecule has 1 saturated heterocycles. The largest absolute Gasteiger partial charge is 0.340 e. The van der Waals surface area contributed by atoms with E-state index in [0.717, 1.165) is 31.8 Å². The fraction of sp³-hybridized carbons (Fsp3) is 0.455. The van der Waals surface area contributed by atoms with Crippen LogP contribution in [0.15, 0.2) is 18.7 Å². The van der Waals surface area contributed by atoms with Crippen LogP contribution in [-0.2, 0) is 0 Å². The summed E-state index contributed by atoms with van der Waals surface area (Å²) in [4.78, 5) is 14.3. The summed E-state index contributed by atoms with van der Waals surface area (Å²) in [6.45, 7) is 1.66. The zero-order valence-corrected chi connectivity index (χ0v) is 9.75. The summed E-state index contributed by atoms with van der Waals surface area (Å²) in [6, 6.07) is 0. The lowest BCUT2D eigenvalue weighted by Gasteiger charge is -2.31. The highest BCUT2D eigenvalue weighted by Gasteiger charge is 2.24. The topological polar surface area (TPSA) is 70.6 Å². The third-order valence-corrected chi connectivity index (χ3v) is 3.13. The van der Waals surface area contributed by atoms with E-state index in [2.05, 4.69) is 30.0 Å². The molecule has 1 fully saturated rings. The third-order valence-electron chi connectivity index (χ3n) is 3.13. The molecule has 1 unspecified atom stereocenters. The smallest absolute Gasteiger partial charge is 0.225 e. The van der Waals surface area contributed by atoms with E-state index in [4.69, 9.17) is 0 Å². The van der Waals surface area contributed by atoms with Crippen LogP contribution in [0.1, 0.15) is 24.6 Å². The lowest BCUT2D eigenvalue weighted by Crippen LogP contribution is -2.35. The molecule has 7 heteroatoms. The first-order valence-electron chi connectivity index (χ1n) is 5.90. The molecular weight excluding hydrogens is 235 g/mol. The van der Waals surface area contributed by atoms with Gasteiger partial charge in [0.15, 0.2) is 5.82 Å². The van der Waals surface area contributed by atoms with Crippen LogP contribution in [0.2, 0.25) is 0 Å². The highest BCUT2D eigenvalue weighted by atomic mass is 19.1. The van der Waals surface area contributed by atoms with Crippen molar-refractivity contribution in [1.29, 1.82) is 0 Å². The van der Waals surface area contributed by atoms with E-state index in [-0.39, 0.29) is 0 Å². The number of nitrogens with one attached hydrogen (secondary N) is 1. The van der Waals surface area contributed by atoms with Crippen LogP contribution in [-0.4, -0.2) is 38.2 Å². The van der Waals surface area contributed by atoms with Gasteiger partial charge in [-0.3, -0.25) is 5.10 Å². The minimum atomic E-state index is -0.414. The van der Waals surface area contributed by atoms with Gasteiger partial charge in [0.05, 0.1) is 12.4 Å². The fourth-order valence-corrected chi connectivity index (χ4v) is 2.26. The molecule has 0 aromatic carbocycles. The molecule has 1 N–H and O–H groups in total. The second kappa shape index (κ2) is 4.67. The number of halogens is 1. The van der Waals surface area contributed by atoms with Crippen molar-refractivity contribution in [3.05, 3.63) is 30.4 Å². The first kappa shape index (κ1) is 11.1. The van der Waals surface area contributed by atoms with Crippen molar-refractivity contribution in [3.8, 4) is 0 Å². The maximum Gasteiger partial charge on any atom is 0.225 e. The van der Waals surface area contributed by atoms with Crippen molar-refractivity contribution in [3.63, 3.8) is 0 Å². The Morgan fingerprint density at radius 1 is 1.28 bits per heavy atom. The molecule has 94 valence electrons. The average molecular weight is 248 g/mol. The van der Waals surface area contributed by atoms with Crippen LogP contribution < -0.4 is 4.90 Å². The predicted molar refractivity (Wildman–Crippen MR) is 62.6 cm³/mol. The number of hydrogen-bond acceptors (Lipinski definition) is 5. The van der Waals surface area contributed by atoms with E-state index in [9.17, 15) is 4.39 Å². The molecule has 2 aromatic rings. The minimum absolute atomic E-state index is 0.301. The molecular formula is C11H13FN6. The molecule has 3 rings (SSSR count). The normalized spacial score (nSPS) is 20.1. The maximum atomic E-state index is 12.8.